The lowest BCUT2D eigenvalue weighted by molar-refractivity contribution is 0.582. The largest absolute Gasteiger partial charge is 0.398 e. The Bertz CT molecular complexity index is 471. The summed E-state index contributed by atoms with van der Waals surface area (Å²) < 4.78 is 38.1. The molecular weight excluding hydrogens is 219 g/mol. The average Bonchev–Trinajstić information content (AvgIpc) is 2.18. The van der Waals surface area contributed by atoms with Crippen LogP contribution in [-0.4, -0.2) is 15.0 Å². The molecule has 0 aromatic heterocycles. The van der Waals surface area contributed by atoms with Gasteiger partial charge in [0.15, 0.2) is 0 Å². The second-order valence-corrected chi connectivity index (χ2v) is 4.56. The number of hydrogen-bond donors (Lipinski definition) is 2. The van der Waals surface area contributed by atoms with E-state index in [9.17, 15) is 12.8 Å². The molecule has 1 aromatic rings. The average molecular weight is 230 g/mol. The SMILES string of the molecule is C=CCNS(=O)(=O)c1cc(F)ccc1N. The van der Waals surface area contributed by atoms with E-state index in [-0.39, 0.29) is 17.1 Å². The quantitative estimate of drug-likeness (QED) is 0.595. The van der Waals surface area contributed by atoms with Crippen molar-refractivity contribution in [3.8, 4) is 0 Å². The molecule has 0 saturated carbocycles. The Morgan fingerprint density at radius 3 is 2.80 bits per heavy atom. The normalized spacial score (nSPS) is 11.3. The lowest BCUT2D eigenvalue weighted by Crippen LogP contribution is -2.24. The van der Waals surface area contributed by atoms with Gasteiger partial charge >= 0.3 is 0 Å². The van der Waals surface area contributed by atoms with E-state index in [0.717, 1.165) is 12.1 Å². The first-order chi connectivity index (χ1) is 6.97. The fourth-order valence-electron chi connectivity index (χ4n) is 0.987. The van der Waals surface area contributed by atoms with E-state index < -0.39 is 15.8 Å². The van der Waals surface area contributed by atoms with Crippen molar-refractivity contribution in [1.82, 2.24) is 4.72 Å². The molecule has 0 heterocycles. The number of nitrogens with two attached hydrogens (primary N) is 1. The first kappa shape index (κ1) is 11.7. The molecule has 0 fully saturated rings. The van der Waals surface area contributed by atoms with Crippen LogP contribution in [0.4, 0.5) is 10.1 Å². The Labute approximate surface area is 87.7 Å². The topological polar surface area (TPSA) is 72.2 Å². The van der Waals surface area contributed by atoms with Gasteiger partial charge in [0.1, 0.15) is 10.7 Å². The lowest BCUT2D eigenvalue weighted by atomic mass is 10.3. The van der Waals surface area contributed by atoms with Crippen molar-refractivity contribution in [2.75, 3.05) is 12.3 Å². The molecule has 6 heteroatoms. The zero-order chi connectivity index (χ0) is 11.5. The van der Waals surface area contributed by atoms with Gasteiger partial charge in [-0.25, -0.2) is 17.5 Å². The number of anilines is 1. The van der Waals surface area contributed by atoms with Gasteiger partial charge in [0.25, 0.3) is 0 Å². The third kappa shape index (κ3) is 2.77. The highest BCUT2D eigenvalue weighted by atomic mass is 32.2. The molecule has 3 N–H and O–H groups in total. The predicted molar refractivity (Wildman–Crippen MR) is 56.2 cm³/mol. The van der Waals surface area contributed by atoms with Gasteiger partial charge in [-0.15, -0.1) is 6.58 Å². The van der Waals surface area contributed by atoms with Crippen molar-refractivity contribution in [3.63, 3.8) is 0 Å². The first-order valence-electron chi connectivity index (χ1n) is 4.13. The molecule has 0 aliphatic heterocycles. The van der Waals surface area contributed by atoms with Crippen molar-refractivity contribution in [1.29, 1.82) is 0 Å². The molecule has 82 valence electrons. The van der Waals surface area contributed by atoms with E-state index in [4.69, 9.17) is 5.73 Å². The highest BCUT2D eigenvalue weighted by molar-refractivity contribution is 7.89. The summed E-state index contributed by atoms with van der Waals surface area (Å²) in [5.41, 5.74) is 5.44. The second kappa shape index (κ2) is 4.41. The third-order valence-electron chi connectivity index (χ3n) is 1.68. The molecule has 4 nitrogen and oxygen atoms in total. The number of sulfonamides is 1. The molecule has 0 spiro atoms. The maximum atomic E-state index is 12.8. The maximum absolute atomic E-state index is 12.8. The zero-order valence-electron chi connectivity index (χ0n) is 7.90. The highest BCUT2D eigenvalue weighted by Crippen LogP contribution is 2.18. The Kier molecular flexibility index (Phi) is 3.43. The molecule has 1 rings (SSSR count). The number of hydrogen-bond acceptors (Lipinski definition) is 3. The summed E-state index contributed by atoms with van der Waals surface area (Å²) in [6.07, 6.45) is 1.38. The van der Waals surface area contributed by atoms with Crippen LogP contribution in [0.1, 0.15) is 0 Å². The van der Waals surface area contributed by atoms with Gasteiger partial charge in [-0.05, 0) is 18.2 Å². The van der Waals surface area contributed by atoms with Gasteiger partial charge in [0.05, 0.1) is 5.69 Å². The van der Waals surface area contributed by atoms with Crippen molar-refractivity contribution in [2.45, 2.75) is 4.90 Å². The summed E-state index contributed by atoms with van der Waals surface area (Å²) in [7, 11) is -3.76. The predicted octanol–water partition coefficient (Wildman–Crippen LogP) is 0.872. The summed E-state index contributed by atoms with van der Waals surface area (Å²) in [6.45, 7) is 3.43. The molecule has 0 bridgehead atoms. The number of nitrogens with one attached hydrogen (secondary N) is 1. The van der Waals surface area contributed by atoms with Crippen LogP contribution in [0.2, 0.25) is 0 Å². The van der Waals surface area contributed by atoms with Crippen molar-refractivity contribution < 1.29 is 12.8 Å². The Morgan fingerprint density at radius 2 is 2.20 bits per heavy atom. The first-order valence-corrected chi connectivity index (χ1v) is 5.61. The standard InChI is InChI=1S/C9H11FN2O2S/c1-2-5-12-15(13,14)9-6-7(10)3-4-8(9)11/h2-4,6,12H,1,5,11H2. The molecule has 0 radical (unpaired) electrons. The minimum Gasteiger partial charge on any atom is -0.398 e. The van der Waals surface area contributed by atoms with Crippen LogP contribution in [0.25, 0.3) is 0 Å². The van der Waals surface area contributed by atoms with E-state index in [1.54, 1.807) is 0 Å². The number of benzene rings is 1. The molecule has 0 saturated heterocycles. The van der Waals surface area contributed by atoms with Gasteiger partial charge < -0.3 is 5.73 Å². The van der Waals surface area contributed by atoms with E-state index in [1.165, 1.54) is 12.1 Å². The summed E-state index contributed by atoms with van der Waals surface area (Å²) in [5, 5.41) is 0. The molecule has 0 amide bonds. The van der Waals surface area contributed by atoms with Crippen LogP contribution in [0.5, 0.6) is 0 Å². The Balaban J connectivity index is 3.14. The van der Waals surface area contributed by atoms with Crippen molar-refractivity contribution in [3.05, 3.63) is 36.7 Å². The minimum atomic E-state index is -3.76. The van der Waals surface area contributed by atoms with Crippen LogP contribution in [-0.2, 0) is 10.0 Å². The van der Waals surface area contributed by atoms with Gasteiger partial charge in [-0.2, -0.15) is 0 Å². The van der Waals surface area contributed by atoms with E-state index in [1.807, 2.05) is 0 Å². The van der Waals surface area contributed by atoms with Crippen molar-refractivity contribution in [2.24, 2.45) is 0 Å². The van der Waals surface area contributed by atoms with Crippen LogP contribution in [0.3, 0.4) is 0 Å². The third-order valence-corrected chi connectivity index (χ3v) is 3.16. The van der Waals surface area contributed by atoms with Crippen LogP contribution < -0.4 is 10.5 Å². The number of nitrogen functional groups attached to an aromatic ring is 1. The summed E-state index contributed by atoms with van der Waals surface area (Å²) in [6, 6.07) is 3.18. The monoisotopic (exact) mass is 230 g/mol. The lowest BCUT2D eigenvalue weighted by Gasteiger charge is -2.07. The van der Waals surface area contributed by atoms with Gasteiger partial charge in [-0.3, -0.25) is 0 Å². The summed E-state index contributed by atoms with van der Waals surface area (Å²) in [5.74, 6) is -0.650. The van der Waals surface area contributed by atoms with Crippen LogP contribution in [0.15, 0.2) is 35.7 Å². The number of halogens is 1. The summed E-state index contributed by atoms with van der Waals surface area (Å²) >= 11 is 0. The Hall–Kier alpha value is -1.40. The van der Waals surface area contributed by atoms with E-state index in [0.29, 0.717) is 0 Å². The molecule has 0 atom stereocenters. The van der Waals surface area contributed by atoms with Crippen LogP contribution >= 0.6 is 0 Å². The van der Waals surface area contributed by atoms with E-state index >= 15 is 0 Å². The summed E-state index contributed by atoms with van der Waals surface area (Å²) in [4.78, 5) is -0.260. The van der Waals surface area contributed by atoms with Crippen LogP contribution in [0, 0.1) is 5.82 Å². The minimum absolute atomic E-state index is 0.00737. The molecular formula is C9H11FN2O2S. The van der Waals surface area contributed by atoms with E-state index in [2.05, 4.69) is 11.3 Å². The second-order valence-electron chi connectivity index (χ2n) is 2.82. The van der Waals surface area contributed by atoms with Gasteiger partial charge in [0, 0.05) is 6.54 Å². The molecule has 1 aromatic carbocycles. The fraction of sp³-hybridized carbons (Fsp3) is 0.111. The molecule has 0 aliphatic rings. The fourth-order valence-corrected chi connectivity index (χ4v) is 2.13. The molecule has 0 aliphatic carbocycles. The van der Waals surface area contributed by atoms with Gasteiger partial charge in [-0.1, -0.05) is 6.08 Å². The smallest absolute Gasteiger partial charge is 0.243 e. The van der Waals surface area contributed by atoms with Crippen molar-refractivity contribution >= 4 is 15.7 Å². The molecule has 0 unspecified atom stereocenters. The highest BCUT2D eigenvalue weighted by Gasteiger charge is 2.16. The van der Waals surface area contributed by atoms with Gasteiger partial charge in [0.2, 0.25) is 10.0 Å². The molecule has 15 heavy (non-hydrogen) atoms. The zero-order valence-corrected chi connectivity index (χ0v) is 8.72. The Morgan fingerprint density at radius 1 is 1.53 bits per heavy atom. The number of rotatable bonds is 4. The maximum Gasteiger partial charge on any atom is 0.243 e.